The summed E-state index contributed by atoms with van der Waals surface area (Å²) in [4.78, 5) is 17.3. The maximum atomic E-state index is 12.7. The van der Waals surface area contributed by atoms with Crippen LogP contribution < -0.4 is 5.32 Å². The van der Waals surface area contributed by atoms with E-state index in [1.807, 2.05) is 91.0 Å². The third-order valence-corrected chi connectivity index (χ3v) is 6.39. The molecule has 0 saturated carbocycles. The highest BCUT2D eigenvalue weighted by atomic mass is 35.5. The number of aromatic nitrogens is 1. The van der Waals surface area contributed by atoms with Crippen molar-refractivity contribution in [1.82, 2.24) is 4.98 Å². The van der Waals surface area contributed by atoms with Gasteiger partial charge in [0.25, 0.3) is 5.91 Å². The molecule has 0 bridgehead atoms. The third kappa shape index (κ3) is 4.08. The van der Waals surface area contributed by atoms with Crippen molar-refractivity contribution in [3.63, 3.8) is 0 Å². The average molecular weight is 441 g/mol. The van der Waals surface area contributed by atoms with Gasteiger partial charge in [-0.2, -0.15) is 0 Å². The first kappa shape index (κ1) is 19.5. The maximum absolute atomic E-state index is 12.7. The van der Waals surface area contributed by atoms with Crippen LogP contribution in [0.1, 0.15) is 10.4 Å². The first-order valence-corrected chi connectivity index (χ1v) is 11.0. The van der Waals surface area contributed by atoms with Crippen molar-refractivity contribution in [3.05, 3.63) is 108 Å². The summed E-state index contributed by atoms with van der Waals surface area (Å²) in [5, 5.41) is 4.34. The van der Waals surface area contributed by atoms with E-state index in [-0.39, 0.29) is 5.91 Å². The Bertz CT molecular complexity index is 1340. The van der Waals surface area contributed by atoms with E-state index in [1.165, 1.54) is 0 Å². The zero-order chi connectivity index (χ0) is 21.2. The molecule has 0 saturated heterocycles. The van der Waals surface area contributed by atoms with Gasteiger partial charge in [0.05, 0.1) is 15.2 Å². The van der Waals surface area contributed by atoms with E-state index in [9.17, 15) is 4.79 Å². The van der Waals surface area contributed by atoms with Crippen molar-refractivity contribution in [2.75, 3.05) is 5.32 Å². The summed E-state index contributed by atoms with van der Waals surface area (Å²) in [6.45, 7) is 0. The van der Waals surface area contributed by atoms with E-state index in [1.54, 1.807) is 17.4 Å². The molecule has 0 fully saturated rings. The van der Waals surface area contributed by atoms with Crippen LogP contribution in [0, 0.1) is 0 Å². The van der Waals surface area contributed by atoms with Gasteiger partial charge in [-0.15, -0.1) is 11.3 Å². The lowest BCUT2D eigenvalue weighted by Gasteiger charge is -2.08. The Hall–Kier alpha value is -3.47. The molecule has 1 heterocycles. The molecule has 0 aliphatic rings. The van der Waals surface area contributed by atoms with Crippen LogP contribution >= 0.6 is 22.9 Å². The van der Waals surface area contributed by atoms with Gasteiger partial charge >= 0.3 is 0 Å². The Labute approximate surface area is 189 Å². The van der Waals surface area contributed by atoms with Crippen LogP contribution in [0.15, 0.2) is 97.1 Å². The van der Waals surface area contributed by atoms with Crippen LogP contribution in [-0.4, -0.2) is 10.9 Å². The lowest BCUT2D eigenvalue weighted by Crippen LogP contribution is -2.11. The van der Waals surface area contributed by atoms with Gasteiger partial charge in [-0.3, -0.25) is 4.79 Å². The van der Waals surface area contributed by atoms with Gasteiger partial charge in [-0.25, -0.2) is 4.98 Å². The number of halogens is 1. The second-order valence-corrected chi connectivity index (χ2v) is 8.52. The molecule has 5 heteroatoms. The standard InChI is InChI=1S/C26H17ClN2OS/c27-22-16-20(14-15-21(22)26-29-23-8-4-5-9-24(23)31-26)28-25(30)19-12-10-18(11-13-19)17-6-2-1-3-7-17/h1-16H,(H,28,30). The number of hydrogen-bond donors (Lipinski definition) is 1. The number of benzene rings is 4. The number of anilines is 1. The monoisotopic (exact) mass is 440 g/mol. The van der Waals surface area contributed by atoms with E-state index in [2.05, 4.69) is 10.3 Å². The molecule has 3 nitrogen and oxygen atoms in total. The molecule has 0 spiro atoms. The SMILES string of the molecule is O=C(Nc1ccc(-c2nc3ccccc3s2)c(Cl)c1)c1ccc(-c2ccccc2)cc1. The van der Waals surface area contributed by atoms with E-state index >= 15 is 0 Å². The first-order valence-electron chi connectivity index (χ1n) is 9.80. The quantitative estimate of drug-likeness (QED) is 0.313. The van der Waals surface area contributed by atoms with Crippen molar-refractivity contribution >= 4 is 44.7 Å². The first-order chi connectivity index (χ1) is 15.2. The number of para-hydroxylation sites is 1. The summed E-state index contributed by atoms with van der Waals surface area (Å²) < 4.78 is 1.12. The predicted octanol–water partition coefficient (Wildman–Crippen LogP) is 7.54. The number of amides is 1. The molecule has 0 unspecified atom stereocenters. The van der Waals surface area contributed by atoms with Crippen molar-refractivity contribution in [2.45, 2.75) is 0 Å². The van der Waals surface area contributed by atoms with Crippen molar-refractivity contribution in [1.29, 1.82) is 0 Å². The van der Waals surface area contributed by atoms with Crippen LogP contribution in [0.25, 0.3) is 31.9 Å². The molecule has 0 aliphatic carbocycles. The van der Waals surface area contributed by atoms with Crippen LogP contribution in [-0.2, 0) is 0 Å². The number of nitrogens with one attached hydrogen (secondary N) is 1. The molecule has 31 heavy (non-hydrogen) atoms. The van der Waals surface area contributed by atoms with Crippen molar-refractivity contribution < 1.29 is 4.79 Å². The van der Waals surface area contributed by atoms with E-state index < -0.39 is 0 Å². The van der Waals surface area contributed by atoms with Gasteiger partial charge < -0.3 is 5.32 Å². The van der Waals surface area contributed by atoms with Gasteiger partial charge in [0.15, 0.2) is 0 Å². The lowest BCUT2D eigenvalue weighted by atomic mass is 10.0. The van der Waals surface area contributed by atoms with Gasteiger partial charge in [-0.05, 0) is 53.6 Å². The Morgan fingerprint density at radius 3 is 2.26 bits per heavy atom. The fourth-order valence-corrected chi connectivity index (χ4v) is 4.73. The minimum absolute atomic E-state index is 0.177. The number of carbonyl (C=O) groups is 1. The molecule has 5 rings (SSSR count). The van der Waals surface area contributed by atoms with Crippen LogP contribution in [0.3, 0.4) is 0 Å². The van der Waals surface area contributed by atoms with E-state index in [4.69, 9.17) is 11.6 Å². The number of thiazole rings is 1. The number of fused-ring (bicyclic) bond motifs is 1. The fourth-order valence-electron chi connectivity index (χ4n) is 3.40. The Balaban J connectivity index is 1.34. The van der Waals surface area contributed by atoms with Gasteiger partial charge in [0.1, 0.15) is 5.01 Å². The normalized spacial score (nSPS) is 10.9. The second kappa shape index (κ2) is 8.34. The van der Waals surface area contributed by atoms with E-state index in [0.29, 0.717) is 16.3 Å². The lowest BCUT2D eigenvalue weighted by molar-refractivity contribution is 0.102. The van der Waals surface area contributed by atoms with Crippen LogP contribution in [0.2, 0.25) is 5.02 Å². The number of hydrogen-bond acceptors (Lipinski definition) is 3. The summed E-state index contributed by atoms with van der Waals surface area (Å²) >= 11 is 8.12. The predicted molar refractivity (Wildman–Crippen MR) is 130 cm³/mol. The molecule has 4 aromatic carbocycles. The molecule has 0 aliphatic heterocycles. The van der Waals surface area contributed by atoms with Crippen LogP contribution in [0.5, 0.6) is 0 Å². The zero-order valence-corrected chi connectivity index (χ0v) is 18.0. The largest absolute Gasteiger partial charge is 0.322 e. The zero-order valence-electron chi connectivity index (χ0n) is 16.4. The van der Waals surface area contributed by atoms with Crippen LogP contribution in [0.4, 0.5) is 5.69 Å². The molecular weight excluding hydrogens is 424 g/mol. The highest BCUT2D eigenvalue weighted by Crippen LogP contribution is 2.35. The fraction of sp³-hybridized carbons (Fsp3) is 0. The van der Waals surface area contributed by atoms with Gasteiger partial charge in [0, 0.05) is 16.8 Å². The number of nitrogens with zero attached hydrogens (tertiary/aromatic N) is 1. The minimum Gasteiger partial charge on any atom is -0.322 e. The molecule has 150 valence electrons. The molecule has 1 amide bonds. The third-order valence-electron chi connectivity index (χ3n) is 5.01. The number of carbonyl (C=O) groups excluding carboxylic acids is 1. The summed E-state index contributed by atoms with van der Waals surface area (Å²) in [5.74, 6) is -0.177. The average Bonchev–Trinajstić information content (AvgIpc) is 3.24. The molecule has 0 atom stereocenters. The summed E-state index contributed by atoms with van der Waals surface area (Å²) in [6.07, 6.45) is 0. The molecule has 1 aromatic heterocycles. The van der Waals surface area contributed by atoms with Gasteiger partial charge in [-0.1, -0.05) is 66.2 Å². The Kier molecular flexibility index (Phi) is 5.24. The second-order valence-electron chi connectivity index (χ2n) is 7.08. The highest BCUT2D eigenvalue weighted by molar-refractivity contribution is 7.21. The molecule has 1 N–H and O–H groups in total. The minimum atomic E-state index is -0.177. The molecular formula is C26H17ClN2OS. The van der Waals surface area contributed by atoms with E-state index in [0.717, 1.165) is 31.9 Å². The van der Waals surface area contributed by atoms with Gasteiger partial charge in [0.2, 0.25) is 0 Å². The number of rotatable bonds is 4. The maximum Gasteiger partial charge on any atom is 0.255 e. The summed E-state index contributed by atoms with van der Waals surface area (Å²) in [6, 6.07) is 31.1. The van der Waals surface area contributed by atoms with Crippen molar-refractivity contribution in [3.8, 4) is 21.7 Å². The summed E-state index contributed by atoms with van der Waals surface area (Å²) in [7, 11) is 0. The van der Waals surface area contributed by atoms with Crippen molar-refractivity contribution in [2.24, 2.45) is 0 Å². The molecule has 0 radical (unpaired) electrons. The topological polar surface area (TPSA) is 42.0 Å². The highest BCUT2D eigenvalue weighted by Gasteiger charge is 2.12. The smallest absolute Gasteiger partial charge is 0.255 e. The molecule has 5 aromatic rings. The summed E-state index contributed by atoms with van der Waals surface area (Å²) in [5.41, 5.74) is 5.23. The Morgan fingerprint density at radius 2 is 1.52 bits per heavy atom. The Morgan fingerprint density at radius 1 is 0.806 bits per heavy atom.